The molecule has 0 unspecified atom stereocenters. The van der Waals surface area contributed by atoms with Crippen LogP contribution >= 0.6 is 0 Å². The maximum absolute atomic E-state index is 13.6. The first-order valence-electron chi connectivity index (χ1n) is 11.4. The molecule has 8 heteroatoms. The fraction of sp³-hybridized carbons (Fsp3) is 0.625. The van der Waals surface area contributed by atoms with Crippen LogP contribution in [0.4, 0.5) is 0 Å². The number of benzene rings is 1. The number of nitrogens with one attached hydrogen (secondary N) is 1. The lowest BCUT2D eigenvalue weighted by Gasteiger charge is -2.44. The van der Waals surface area contributed by atoms with Crippen molar-refractivity contribution in [3.05, 3.63) is 35.4 Å². The summed E-state index contributed by atoms with van der Waals surface area (Å²) in [5.41, 5.74) is 0.613. The Morgan fingerprint density at radius 2 is 1.97 bits per heavy atom. The molecular formula is C24H35N3O5. The number of carbonyl (C=O) groups is 3. The molecule has 2 aliphatic rings. The van der Waals surface area contributed by atoms with Gasteiger partial charge in [0.05, 0.1) is 13.2 Å². The van der Waals surface area contributed by atoms with E-state index in [-0.39, 0.29) is 24.3 Å². The highest BCUT2D eigenvalue weighted by Crippen LogP contribution is 2.38. The standard InChI is InChI=1S/C24H35N3O5/c1-17(2)14-21(28)26-11-8-24(9-12-26)27(23(30)19-7-5-6-18(3)15-19)20(16-32-24)22(29)25-10-13-31-4/h5-7,15,17,20H,8-14,16H2,1-4H3,(H,25,29)/t20-/m1/s1. The van der Waals surface area contributed by atoms with Gasteiger partial charge in [-0.3, -0.25) is 19.3 Å². The zero-order chi connectivity index (χ0) is 23.3. The number of hydrogen-bond acceptors (Lipinski definition) is 5. The van der Waals surface area contributed by atoms with Gasteiger partial charge in [-0.05, 0) is 25.0 Å². The molecule has 1 N–H and O–H groups in total. The monoisotopic (exact) mass is 445 g/mol. The second kappa shape index (κ2) is 10.4. The molecule has 1 atom stereocenters. The summed E-state index contributed by atoms with van der Waals surface area (Å²) in [5, 5.41) is 2.84. The molecule has 1 aromatic rings. The van der Waals surface area contributed by atoms with E-state index in [1.54, 1.807) is 18.1 Å². The Labute approximate surface area is 190 Å². The Morgan fingerprint density at radius 3 is 2.59 bits per heavy atom. The molecule has 1 spiro atoms. The maximum Gasteiger partial charge on any atom is 0.256 e. The van der Waals surface area contributed by atoms with E-state index >= 15 is 0 Å². The molecule has 8 nitrogen and oxygen atoms in total. The molecule has 2 fully saturated rings. The van der Waals surface area contributed by atoms with E-state index in [1.807, 2.05) is 43.9 Å². The molecule has 3 rings (SSSR count). The Hall–Kier alpha value is -2.45. The third kappa shape index (κ3) is 5.30. The highest BCUT2D eigenvalue weighted by Gasteiger charge is 2.54. The van der Waals surface area contributed by atoms with Gasteiger partial charge in [0.25, 0.3) is 5.91 Å². The van der Waals surface area contributed by atoms with E-state index in [0.717, 1.165) is 5.56 Å². The normalized spacial score (nSPS) is 20.1. The van der Waals surface area contributed by atoms with Gasteiger partial charge in [0.2, 0.25) is 11.8 Å². The van der Waals surface area contributed by atoms with Gasteiger partial charge in [-0.25, -0.2) is 0 Å². The quantitative estimate of drug-likeness (QED) is 0.649. The van der Waals surface area contributed by atoms with Gasteiger partial charge in [-0.1, -0.05) is 31.5 Å². The third-order valence-electron chi connectivity index (χ3n) is 6.13. The molecule has 1 aromatic carbocycles. The minimum absolute atomic E-state index is 0.123. The fourth-order valence-corrected chi connectivity index (χ4v) is 4.46. The molecule has 0 saturated carbocycles. The second-order valence-electron chi connectivity index (χ2n) is 9.08. The third-order valence-corrected chi connectivity index (χ3v) is 6.13. The summed E-state index contributed by atoms with van der Waals surface area (Å²) in [6, 6.07) is 6.64. The van der Waals surface area contributed by atoms with Gasteiger partial charge in [0, 0.05) is 51.6 Å². The lowest BCUT2D eigenvalue weighted by molar-refractivity contribution is -0.144. The summed E-state index contributed by atoms with van der Waals surface area (Å²) < 4.78 is 11.2. The van der Waals surface area contributed by atoms with Crippen molar-refractivity contribution in [2.24, 2.45) is 5.92 Å². The lowest BCUT2D eigenvalue weighted by atomic mass is 9.95. The number of likely N-dealkylation sites (tertiary alicyclic amines) is 1. The van der Waals surface area contributed by atoms with Crippen molar-refractivity contribution in [1.82, 2.24) is 15.1 Å². The highest BCUT2D eigenvalue weighted by molar-refractivity contribution is 5.98. The van der Waals surface area contributed by atoms with Crippen molar-refractivity contribution < 1.29 is 23.9 Å². The summed E-state index contributed by atoms with van der Waals surface area (Å²) >= 11 is 0. The summed E-state index contributed by atoms with van der Waals surface area (Å²) in [6.07, 6.45) is 1.47. The Kier molecular flexibility index (Phi) is 7.90. The summed E-state index contributed by atoms with van der Waals surface area (Å²) in [6.45, 7) is 7.88. The molecule has 0 aromatic heterocycles. The van der Waals surface area contributed by atoms with Gasteiger partial charge in [0.1, 0.15) is 11.8 Å². The second-order valence-corrected chi connectivity index (χ2v) is 9.08. The molecule has 0 radical (unpaired) electrons. The number of hydrogen-bond donors (Lipinski definition) is 1. The van der Waals surface area contributed by atoms with Crippen LogP contribution in [0.25, 0.3) is 0 Å². The predicted octanol–water partition coefficient (Wildman–Crippen LogP) is 1.96. The minimum atomic E-state index is -0.890. The van der Waals surface area contributed by atoms with Crippen LogP contribution in [0.2, 0.25) is 0 Å². The van der Waals surface area contributed by atoms with Crippen LogP contribution in [0, 0.1) is 12.8 Å². The molecule has 176 valence electrons. The van der Waals surface area contributed by atoms with Crippen molar-refractivity contribution in [3.63, 3.8) is 0 Å². The first-order chi connectivity index (χ1) is 15.3. The number of nitrogens with zero attached hydrogens (tertiary/aromatic N) is 2. The van der Waals surface area contributed by atoms with Crippen LogP contribution in [0.1, 0.15) is 49.0 Å². The Morgan fingerprint density at radius 1 is 1.25 bits per heavy atom. The predicted molar refractivity (Wildman–Crippen MR) is 120 cm³/mol. The average molecular weight is 446 g/mol. The number of amides is 3. The number of rotatable bonds is 7. The van der Waals surface area contributed by atoms with Crippen LogP contribution in [0.5, 0.6) is 0 Å². The van der Waals surface area contributed by atoms with Crippen molar-refractivity contribution in [2.75, 3.05) is 40.0 Å². The minimum Gasteiger partial charge on any atom is -0.383 e. The van der Waals surface area contributed by atoms with Gasteiger partial charge >= 0.3 is 0 Å². The van der Waals surface area contributed by atoms with Crippen molar-refractivity contribution >= 4 is 17.7 Å². The molecule has 0 aliphatic carbocycles. The van der Waals surface area contributed by atoms with Gasteiger partial charge in [-0.15, -0.1) is 0 Å². The summed E-state index contributed by atoms with van der Waals surface area (Å²) in [5.74, 6) is -0.0581. The summed E-state index contributed by atoms with van der Waals surface area (Å²) in [4.78, 5) is 42.6. The Bertz CT molecular complexity index is 833. The number of carbonyl (C=O) groups excluding carboxylic acids is 3. The zero-order valence-electron chi connectivity index (χ0n) is 19.6. The maximum atomic E-state index is 13.6. The van der Waals surface area contributed by atoms with E-state index < -0.39 is 11.8 Å². The first-order valence-corrected chi connectivity index (χ1v) is 11.4. The molecular weight excluding hydrogens is 410 g/mol. The van der Waals surface area contributed by atoms with E-state index in [4.69, 9.17) is 9.47 Å². The highest BCUT2D eigenvalue weighted by atomic mass is 16.5. The average Bonchev–Trinajstić information content (AvgIpc) is 3.12. The van der Waals surface area contributed by atoms with Crippen molar-refractivity contribution in [2.45, 2.75) is 51.8 Å². The SMILES string of the molecule is COCCNC(=O)[C@H]1COC2(CCN(C(=O)CC(C)C)CC2)N1C(=O)c1cccc(C)c1. The van der Waals surface area contributed by atoms with Crippen LogP contribution in [-0.4, -0.2) is 79.2 Å². The molecule has 3 amide bonds. The molecule has 2 heterocycles. The van der Waals surface area contributed by atoms with Crippen molar-refractivity contribution in [3.8, 4) is 0 Å². The first kappa shape index (κ1) is 24.2. The zero-order valence-corrected chi connectivity index (χ0v) is 19.6. The van der Waals surface area contributed by atoms with E-state index in [9.17, 15) is 14.4 Å². The molecule has 32 heavy (non-hydrogen) atoms. The molecule has 2 saturated heterocycles. The van der Waals surface area contributed by atoms with Gasteiger partial charge in [0.15, 0.2) is 0 Å². The number of piperidine rings is 1. The van der Waals surface area contributed by atoms with Crippen molar-refractivity contribution in [1.29, 1.82) is 0 Å². The summed E-state index contributed by atoms with van der Waals surface area (Å²) in [7, 11) is 1.57. The van der Waals surface area contributed by atoms with Gasteiger partial charge in [-0.2, -0.15) is 0 Å². The fourth-order valence-electron chi connectivity index (χ4n) is 4.46. The largest absolute Gasteiger partial charge is 0.383 e. The van der Waals surface area contributed by atoms with Crippen LogP contribution in [0.3, 0.4) is 0 Å². The topological polar surface area (TPSA) is 88.2 Å². The smallest absolute Gasteiger partial charge is 0.256 e. The lowest BCUT2D eigenvalue weighted by Crippen LogP contribution is -2.60. The van der Waals surface area contributed by atoms with E-state index in [2.05, 4.69) is 5.32 Å². The Balaban J connectivity index is 1.82. The molecule has 0 bridgehead atoms. The van der Waals surface area contributed by atoms with E-state index in [0.29, 0.717) is 57.0 Å². The number of methoxy groups -OCH3 is 1. The van der Waals surface area contributed by atoms with Crippen LogP contribution in [0.15, 0.2) is 24.3 Å². The number of ether oxygens (including phenoxy) is 2. The van der Waals surface area contributed by atoms with Gasteiger partial charge < -0.3 is 19.7 Å². The van der Waals surface area contributed by atoms with E-state index in [1.165, 1.54) is 0 Å². The molecule has 2 aliphatic heterocycles. The van der Waals surface area contributed by atoms with Crippen LogP contribution < -0.4 is 5.32 Å². The number of aryl methyl sites for hydroxylation is 1. The van der Waals surface area contributed by atoms with Crippen LogP contribution in [-0.2, 0) is 19.1 Å².